The van der Waals surface area contributed by atoms with Crippen LogP contribution in [0, 0.1) is 11.8 Å². The number of Topliss-reactive ketones (excluding diaryl/α,β-unsaturated/α-hetero) is 2. The Bertz CT molecular complexity index is 2990. The predicted molar refractivity (Wildman–Crippen MR) is 303 cm³/mol. The Morgan fingerprint density at radius 2 is 1.35 bits per heavy atom. The largest absolute Gasteiger partial charge is 0.493 e. The van der Waals surface area contributed by atoms with Crippen molar-refractivity contribution in [1.29, 1.82) is 0 Å². The molecule has 8 N–H and O–H groups in total. The fraction of sp³-hybridized carbons (Fsp3) is 0.458. The van der Waals surface area contributed by atoms with Crippen molar-refractivity contribution in [3.05, 3.63) is 88.3 Å². The van der Waals surface area contributed by atoms with Gasteiger partial charge in [-0.2, -0.15) is 0 Å². The molecule has 0 bridgehead atoms. The van der Waals surface area contributed by atoms with Gasteiger partial charge >= 0.3 is 18.0 Å². The highest BCUT2D eigenvalue weighted by atomic mass is 32.1. The van der Waals surface area contributed by atoms with Gasteiger partial charge in [0.15, 0.2) is 28.8 Å². The number of carbonyl (C=O) groups is 10. The van der Waals surface area contributed by atoms with Crippen LogP contribution in [0.2, 0.25) is 0 Å². The number of urea groups is 1. The molecule has 1 aromatic heterocycles. The molecule has 22 nitrogen and oxygen atoms in total. The highest BCUT2D eigenvalue weighted by molar-refractivity contribution is 7.20. The number of fused-ring (bicyclic) bond motifs is 2. The molecule has 0 saturated carbocycles. The van der Waals surface area contributed by atoms with Crippen molar-refractivity contribution < 1.29 is 77.1 Å². The minimum atomic E-state index is -1.08. The van der Waals surface area contributed by atoms with Gasteiger partial charge in [-0.25, -0.2) is 4.79 Å². The molecule has 0 fully saturated rings. The van der Waals surface area contributed by atoms with Crippen molar-refractivity contribution in [3.8, 4) is 23.0 Å². The summed E-state index contributed by atoms with van der Waals surface area (Å²) >= 11 is 1.21. The van der Waals surface area contributed by atoms with Gasteiger partial charge < -0.3 is 56.2 Å². The number of imide groups is 1. The van der Waals surface area contributed by atoms with Crippen molar-refractivity contribution in [2.24, 2.45) is 17.6 Å². The van der Waals surface area contributed by atoms with Crippen LogP contribution in [0.4, 0.5) is 10.5 Å². The second-order valence-electron chi connectivity index (χ2n) is 20.6. The number of carboxylic acid groups (broad SMARTS) is 2. The van der Waals surface area contributed by atoms with Crippen LogP contribution in [0.25, 0.3) is 10.1 Å². The minimum absolute atomic E-state index is 0.0315. The van der Waals surface area contributed by atoms with E-state index in [9.17, 15) is 47.9 Å². The molecule has 4 aromatic rings. The number of aliphatic carboxylic acids is 2. The molecule has 7 amide bonds. The topological polar surface area (TPSA) is 325 Å². The molecular formula is C59H72N6O16S. The first kappa shape index (κ1) is 62.9. The number of hydrogen-bond donors (Lipinski definition) is 7. The summed E-state index contributed by atoms with van der Waals surface area (Å²) in [5, 5.41) is 29.7. The van der Waals surface area contributed by atoms with Crippen LogP contribution in [0.5, 0.6) is 23.0 Å². The number of thiophene rings is 1. The lowest BCUT2D eigenvalue weighted by Gasteiger charge is -2.25. The summed E-state index contributed by atoms with van der Waals surface area (Å²) < 4.78 is 25.2. The molecule has 1 unspecified atom stereocenters. The maximum absolute atomic E-state index is 13.8. The standard InChI is InChI=1S/C59H72N6O16S/c1-35(2)56(64-51(68)10-5-4-6-24-65-52(69)19-20-53(65)70)58(76)63-43(9-7-23-61-59(60)77)57(75)62-41-14-11-36(12-15-41)34-81-48-33-49-40(32-50(82-49)44(67)18-22-55(73)74)31-47(48)80-26-8-25-79-46-30-39-28-37(27-38(39)29-45(46)78-3)13-16-42(66)17-21-54(71)72/h11-12,14-15,19-20,29-33,35,37,43,56H,4-10,13,16-18,21-28,34H2,1-3H3,(H,62,75)(H,63,76)(H,64,68)(H,71,72)(H,73,74)(H3,60,61,77)/t37?,43-,56-/m0/s1. The number of amides is 7. The second-order valence-corrected chi connectivity index (χ2v) is 21.6. The van der Waals surface area contributed by atoms with Gasteiger partial charge in [0.1, 0.15) is 24.5 Å². The molecule has 2 heterocycles. The molecule has 3 atom stereocenters. The number of rotatable bonds is 36. The molecule has 82 heavy (non-hydrogen) atoms. The number of hydrogen-bond acceptors (Lipinski definition) is 15. The van der Waals surface area contributed by atoms with Crippen LogP contribution in [-0.4, -0.2) is 120 Å². The summed E-state index contributed by atoms with van der Waals surface area (Å²) in [6.45, 7) is 4.43. The van der Waals surface area contributed by atoms with Gasteiger partial charge in [0.05, 0.1) is 38.0 Å². The molecule has 3 aromatic carbocycles. The Balaban J connectivity index is 1.05. The van der Waals surface area contributed by atoms with Crippen LogP contribution in [-0.2, 0) is 57.8 Å². The van der Waals surface area contributed by atoms with E-state index in [1.165, 1.54) is 23.5 Å². The monoisotopic (exact) mass is 1150 g/mol. The average molecular weight is 1150 g/mol. The number of primary amides is 1. The van der Waals surface area contributed by atoms with Gasteiger partial charge in [-0.3, -0.25) is 48.1 Å². The van der Waals surface area contributed by atoms with Gasteiger partial charge in [-0.05, 0) is 115 Å². The molecule has 0 radical (unpaired) electrons. The third-order valence-corrected chi connectivity index (χ3v) is 15.0. The zero-order chi connectivity index (χ0) is 59.3. The normalized spacial score (nSPS) is 14.2. The van der Waals surface area contributed by atoms with Crippen LogP contribution in [0.1, 0.15) is 124 Å². The van der Waals surface area contributed by atoms with Crippen LogP contribution in [0.15, 0.2) is 66.7 Å². The lowest BCUT2D eigenvalue weighted by Crippen LogP contribution is -2.54. The van der Waals surface area contributed by atoms with Crippen molar-refractivity contribution >= 4 is 86.2 Å². The van der Waals surface area contributed by atoms with Crippen molar-refractivity contribution in [3.63, 3.8) is 0 Å². The van der Waals surface area contributed by atoms with E-state index in [0.717, 1.165) is 28.9 Å². The number of carbonyl (C=O) groups excluding carboxylic acids is 8. The quantitative estimate of drug-likeness (QED) is 0.0140. The fourth-order valence-corrected chi connectivity index (χ4v) is 10.4. The molecule has 2 aliphatic rings. The molecule has 6 rings (SSSR count). The maximum atomic E-state index is 13.8. The zero-order valence-corrected chi connectivity index (χ0v) is 47.2. The number of unbranched alkanes of at least 4 members (excludes halogenated alkanes) is 2. The molecule has 0 saturated heterocycles. The molecule has 0 spiro atoms. The predicted octanol–water partition coefficient (Wildman–Crippen LogP) is 6.81. The Hall–Kier alpha value is -8.34. The van der Waals surface area contributed by atoms with E-state index in [-0.39, 0.29) is 119 Å². The van der Waals surface area contributed by atoms with E-state index in [0.29, 0.717) is 87.7 Å². The summed E-state index contributed by atoms with van der Waals surface area (Å²) in [6, 6.07) is 13.2. The van der Waals surface area contributed by atoms with Gasteiger partial charge in [0, 0.05) is 73.8 Å². The third-order valence-electron chi connectivity index (χ3n) is 13.8. The summed E-state index contributed by atoms with van der Waals surface area (Å²) in [6.07, 6.45) is 6.87. The van der Waals surface area contributed by atoms with Gasteiger partial charge in [0.2, 0.25) is 17.7 Å². The molecule has 1 aliphatic heterocycles. The molecule has 23 heteroatoms. The lowest BCUT2D eigenvalue weighted by atomic mass is 9.97. The highest BCUT2D eigenvalue weighted by Gasteiger charge is 2.30. The van der Waals surface area contributed by atoms with Crippen LogP contribution >= 0.6 is 11.3 Å². The molecule has 1 aliphatic carbocycles. The number of nitrogens with two attached hydrogens (primary N) is 1. The number of nitrogens with zero attached hydrogens (tertiary/aromatic N) is 1. The Morgan fingerprint density at radius 3 is 2.00 bits per heavy atom. The van der Waals surface area contributed by atoms with Gasteiger partial charge in [0.25, 0.3) is 11.8 Å². The van der Waals surface area contributed by atoms with E-state index in [1.807, 2.05) is 12.1 Å². The van der Waals surface area contributed by atoms with Gasteiger partial charge in [-0.1, -0.05) is 32.4 Å². The van der Waals surface area contributed by atoms with Crippen molar-refractivity contribution in [2.45, 2.75) is 129 Å². The SMILES string of the molecule is COc1cc2c(cc1OCCCOc1cc3cc(C(=O)CCC(=O)O)sc3cc1OCc1ccc(NC(=O)[C@H](CCCNC(N)=O)NC(=O)[C@@H](NC(=O)CCCCCN3C(=O)C=CC3=O)C(C)C)cc1)CC(CCC(=O)CCC(=O)O)C2. The lowest BCUT2D eigenvalue weighted by molar-refractivity contribution is -0.139. The molecular weight excluding hydrogens is 1080 g/mol. The Morgan fingerprint density at radius 1 is 0.707 bits per heavy atom. The maximum Gasteiger partial charge on any atom is 0.312 e. The fourth-order valence-electron chi connectivity index (χ4n) is 9.40. The second kappa shape index (κ2) is 31.0. The third kappa shape index (κ3) is 19.4. The number of ether oxygens (including phenoxy) is 4. The van der Waals surface area contributed by atoms with Crippen molar-refractivity contribution in [1.82, 2.24) is 20.9 Å². The van der Waals surface area contributed by atoms with Crippen LogP contribution in [0.3, 0.4) is 0 Å². The first-order valence-electron chi connectivity index (χ1n) is 27.5. The molecule has 440 valence electrons. The number of nitrogens with one attached hydrogen (secondary N) is 4. The number of ketones is 2. The van der Waals surface area contributed by atoms with E-state index < -0.39 is 41.9 Å². The Labute approximate surface area is 478 Å². The summed E-state index contributed by atoms with van der Waals surface area (Å²) in [7, 11) is 1.57. The van der Waals surface area contributed by atoms with Crippen LogP contribution < -0.4 is 45.9 Å². The van der Waals surface area contributed by atoms with E-state index in [2.05, 4.69) is 21.3 Å². The first-order chi connectivity index (χ1) is 39.3. The first-order valence-corrected chi connectivity index (χ1v) is 28.3. The van der Waals surface area contributed by atoms with E-state index >= 15 is 0 Å². The average Bonchev–Trinajstić information content (AvgIpc) is 4.33. The number of carboxylic acids is 2. The van der Waals surface area contributed by atoms with E-state index in [1.54, 1.807) is 63.4 Å². The highest BCUT2D eigenvalue weighted by Crippen LogP contribution is 2.40. The van der Waals surface area contributed by atoms with Gasteiger partial charge in [-0.15, -0.1) is 11.3 Å². The minimum Gasteiger partial charge on any atom is -0.493 e. The number of anilines is 1. The van der Waals surface area contributed by atoms with Crippen molar-refractivity contribution in [2.75, 3.05) is 38.7 Å². The van der Waals surface area contributed by atoms with E-state index in [4.69, 9.17) is 34.9 Å². The Kier molecular flexibility index (Phi) is 23.8. The summed E-state index contributed by atoms with van der Waals surface area (Å²) in [5.74, 6) is -2.86. The summed E-state index contributed by atoms with van der Waals surface area (Å²) in [4.78, 5) is 124. The number of benzene rings is 3. The number of methoxy groups -OCH3 is 1. The zero-order valence-electron chi connectivity index (χ0n) is 46.3. The smallest absolute Gasteiger partial charge is 0.312 e. The summed E-state index contributed by atoms with van der Waals surface area (Å²) in [5.41, 5.74) is 8.57.